The minimum atomic E-state index is -0.273. The highest BCUT2D eigenvalue weighted by Crippen LogP contribution is 2.24. The summed E-state index contributed by atoms with van der Waals surface area (Å²) in [6.45, 7) is 2.92. The largest absolute Gasteiger partial charge is 0.324 e. The average Bonchev–Trinajstić information content (AvgIpc) is 2.60. The van der Waals surface area contributed by atoms with Gasteiger partial charge in [-0.15, -0.1) is 0 Å². The third-order valence-electron chi connectivity index (χ3n) is 4.96. The summed E-state index contributed by atoms with van der Waals surface area (Å²) in [7, 11) is 0. The molecule has 0 amide bonds. The molecule has 124 valence electrons. The molecule has 3 rings (SSSR count). The molecule has 1 saturated heterocycles. The average molecular weight is 319 g/mol. The maximum absolute atomic E-state index is 8.87. The molecule has 2 N–H and O–H groups in total. The zero-order chi connectivity index (χ0) is 16.8. The fourth-order valence-corrected chi connectivity index (χ4v) is 3.34. The molecule has 3 heteroatoms. The van der Waals surface area contributed by atoms with Gasteiger partial charge in [-0.25, -0.2) is 0 Å². The lowest BCUT2D eigenvalue weighted by Crippen LogP contribution is -2.49. The van der Waals surface area contributed by atoms with E-state index >= 15 is 0 Å². The van der Waals surface area contributed by atoms with Crippen molar-refractivity contribution in [2.24, 2.45) is 5.73 Å². The van der Waals surface area contributed by atoms with Gasteiger partial charge in [-0.2, -0.15) is 5.26 Å². The number of hydrogen-bond acceptors (Lipinski definition) is 3. The highest BCUT2D eigenvalue weighted by Gasteiger charge is 2.30. The first kappa shape index (κ1) is 16.7. The lowest BCUT2D eigenvalue weighted by Gasteiger charge is -2.37. The van der Waals surface area contributed by atoms with Gasteiger partial charge in [0.15, 0.2) is 0 Å². The van der Waals surface area contributed by atoms with Gasteiger partial charge in [0.05, 0.1) is 12.5 Å². The maximum atomic E-state index is 8.87. The third kappa shape index (κ3) is 4.44. The zero-order valence-corrected chi connectivity index (χ0v) is 14.1. The van der Waals surface area contributed by atoms with Crippen LogP contribution >= 0.6 is 0 Å². The van der Waals surface area contributed by atoms with Gasteiger partial charge in [0.1, 0.15) is 0 Å². The first-order chi connectivity index (χ1) is 11.7. The van der Waals surface area contributed by atoms with Crippen LogP contribution in [0.5, 0.6) is 0 Å². The smallest absolute Gasteiger partial charge is 0.0641 e. The topological polar surface area (TPSA) is 53.1 Å². The second kappa shape index (κ2) is 7.61. The summed E-state index contributed by atoms with van der Waals surface area (Å²) in [6, 6.07) is 21.7. The summed E-state index contributed by atoms with van der Waals surface area (Å²) in [5.41, 5.74) is 10.0. The summed E-state index contributed by atoms with van der Waals surface area (Å²) in [5, 5.41) is 8.87. The molecule has 0 atom stereocenters. The van der Waals surface area contributed by atoms with Gasteiger partial charge >= 0.3 is 0 Å². The van der Waals surface area contributed by atoms with E-state index in [0.717, 1.165) is 38.9 Å². The molecule has 1 aliphatic heterocycles. The Kier molecular flexibility index (Phi) is 5.30. The highest BCUT2D eigenvalue weighted by atomic mass is 15.1. The molecule has 3 nitrogen and oxygen atoms in total. The summed E-state index contributed by atoms with van der Waals surface area (Å²) >= 11 is 0. The van der Waals surface area contributed by atoms with Crippen molar-refractivity contribution in [1.29, 1.82) is 5.26 Å². The molecule has 2 aromatic rings. The van der Waals surface area contributed by atoms with Crippen LogP contribution in [0.1, 0.15) is 36.0 Å². The van der Waals surface area contributed by atoms with Gasteiger partial charge < -0.3 is 5.73 Å². The SMILES string of the molecule is N#CCC1(N)CCN(Cc2ccc(Cc3ccccc3)cc2)CC1. The van der Waals surface area contributed by atoms with E-state index in [1.165, 1.54) is 16.7 Å². The van der Waals surface area contributed by atoms with E-state index in [9.17, 15) is 0 Å². The van der Waals surface area contributed by atoms with Crippen molar-refractivity contribution in [3.8, 4) is 6.07 Å². The molecular formula is C21H25N3. The molecule has 24 heavy (non-hydrogen) atoms. The molecule has 0 aromatic heterocycles. The highest BCUT2D eigenvalue weighted by molar-refractivity contribution is 5.28. The van der Waals surface area contributed by atoms with E-state index in [-0.39, 0.29) is 5.54 Å². The molecule has 2 aromatic carbocycles. The predicted molar refractivity (Wildman–Crippen MR) is 97.3 cm³/mol. The van der Waals surface area contributed by atoms with Crippen LogP contribution in [0.4, 0.5) is 0 Å². The van der Waals surface area contributed by atoms with Crippen LogP contribution in [0.25, 0.3) is 0 Å². The monoisotopic (exact) mass is 319 g/mol. The molecule has 1 heterocycles. The molecular weight excluding hydrogens is 294 g/mol. The summed E-state index contributed by atoms with van der Waals surface area (Å²) in [5.74, 6) is 0. The predicted octanol–water partition coefficient (Wildman–Crippen LogP) is 3.48. The van der Waals surface area contributed by atoms with Gasteiger partial charge in [-0.1, -0.05) is 54.6 Å². The number of nitrogens with two attached hydrogens (primary N) is 1. The molecule has 0 saturated carbocycles. The van der Waals surface area contributed by atoms with Crippen LogP contribution in [0, 0.1) is 11.3 Å². The van der Waals surface area contributed by atoms with E-state index in [0.29, 0.717) is 6.42 Å². The Morgan fingerprint density at radius 3 is 2.12 bits per heavy atom. The Bertz CT molecular complexity index is 677. The van der Waals surface area contributed by atoms with Gasteiger partial charge in [0.2, 0.25) is 0 Å². The number of rotatable bonds is 5. The Labute approximate surface area is 144 Å². The fraction of sp³-hybridized carbons (Fsp3) is 0.381. The van der Waals surface area contributed by atoms with Crippen molar-refractivity contribution < 1.29 is 0 Å². The van der Waals surface area contributed by atoms with Crippen molar-refractivity contribution in [2.75, 3.05) is 13.1 Å². The van der Waals surface area contributed by atoms with Gasteiger partial charge in [-0.3, -0.25) is 4.90 Å². The number of piperidine rings is 1. The summed E-state index contributed by atoms with van der Waals surface area (Å²) < 4.78 is 0. The standard InChI is InChI=1S/C21H25N3/c22-13-10-21(23)11-14-24(15-12-21)17-20-8-6-19(7-9-20)16-18-4-2-1-3-5-18/h1-9H,10-12,14-17,23H2. The summed E-state index contributed by atoms with van der Waals surface area (Å²) in [4.78, 5) is 2.44. The first-order valence-electron chi connectivity index (χ1n) is 8.67. The normalized spacial score (nSPS) is 17.3. The number of likely N-dealkylation sites (tertiary alicyclic amines) is 1. The molecule has 0 radical (unpaired) electrons. The van der Waals surface area contributed by atoms with E-state index in [2.05, 4.69) is 65.6 Å². The van der Waals surface area contributed by atoms with E-state index in [1.54, 1.807) is 0 Å². The van der Waals surface area contributed by atoms with E-state index in [4.69, 9.17) is 11.0 Å². The van der Waals surface area contributed by atoms with Gasteiger partial charge in [0.25, 0.3) is 0 Å². The number of nitriles is 1. The molecule has 1 aliphatic rings. The number of nitrogens with zero attached hydrogens (tertiary/aromatic N) is 2. The Morgan fingerprint density at radius 1 is 0.917 bits per heavy atom. The molecule has 1 fully saturated rings. The molecule has 0 spiro atoms. The Balaban J connectivity index is 1.53. The number of benzene rings is 2. The molecule has 0 aliphatic carbocycles. The minimum absolute atomic E-state index is 0.273. The molecule has 0 bridgehead atoms. The number of hydrogen-bond donors (Lipinski definition) is 1. The first-order valence-corrected chi connectivity index (χ1v) is 8.67. The van der Waals surface area contributed by atoms with Gasteiger partial charge in [0, 0.05) is 25.2 Å². The zero-order valence-electron chi connectivity index (χ0n) is 14.1. The van der Waals surface area contributed by atoms with Crippen molar-refractivity contribution in [3.63, 3.8) is 0 Å². The Hall–Kier alpha value is -2.15. The van der Waals surface area contributed by atoms with E-state index < -0.39 is 0 Å². The fourth-order valence-electron chi connectivity index (χ4n) is 3.34. The lowest BCUT2D eigenvalue weighted by molar-refractivity contribution is 0.157. The third-order valence-corrected chi connectivity index (χ3v) is 4.96. The van der Waals surface area contributed by atoms with Gasteiger partial charge in [-0.05, 0) is 36.0 Å². The van der Waals surface area contributed by atoms with Crippen LogP contribution in [-0.2, 0) is 13.0 Å². The lowest BCUT2D eigenvalue weighted by atomic mass is 9.86. The van der Waals surface area contributed by atoms with Crippen LogP contribution in [0.3, 0.4) is 0 Å². The van der Waals surface area contributed by atoms with Crippen molar-refractivity contribution in [1.82, 2.24) is 4.90 Å². The van der Waals surface area contributed by atoms with Crippen molar-refractivity contribution >= 4 is 0 Å². The second-order valence-electron chi connectivity index (χ2n) is 6.95. The van der Waals surface area contributed by atoms with E-state index in [1.807, 2.05) is 0 Å². The summed E-state index contributed by atoms with van der Waals surface area (Å²) in [6.07, 6.45) is 3.27. The quantitative estimate of drug-likeness (QED) is 0.918. The van der Waals surface area contributed by atoms with Crippen LogP contribution in [-0.4, -0.2) is 23.5 Å². The van der Waals surface area contributed by atoms with Crippen molar-refractivity contribution in [2.45, 2.75) is 37.8 Å². The minimum Gasteiger partial charge on any atom is -0.324 e. The van der Waals surface area contributed by atoms with Crippen LogP contribution in [0.15, 0.2) is 54.6 Å². The maximum Gasteiger partial charge on any atom is 0.0641 e. The van der Waals surface area contributed by atoms with Crippen LogP contribution < -0.4 is 5.73 Å². The molecule has 0 unspecified atom stereocenters. The second-order valence-corrected chi connectivity index (χ2v) is 6.95. The van der Waals surface area contributed by atoms with Crippen LogP contribution in [0.2, 0.25) is 0 Å². The van der Waals surface area contributed by atoms with Crippen molar-refractivity contribution in [3.05, 3.63) is 71.3 Å². The Morgan fingerprint density at radius 2 is 1.50 bits per heavy atom.